The quantitative estimate of drug-likeness (QED) is 0.171. The summed E-state index contributed by atoms with van der Waals surface area (Å²) in [5.41, 5.74) is 1.42. The summed E-state index contributed by atoms with van der Waals surface area (Å²) >= 11 is 0. The Bertz CT molecular complexity index is 496. The molecule has 1 aromatic rings. The maximum atomic E-state index is 5.71. The number of ether oxygens (including phenoxy) is 2. The van der Waals surface area contributed by atoms with Crippen molar-refractivity contribution in [1.29, 1.82) is 0 Å². The molecule has 0 amide bonds. The van der Waals surface area contributed by atoms with E-state index < -0.39 is 0 Å². The van der Waals surface area contributed by atoms with Gasteiger partial charge in [0.15, 0.2) is 0 Å². The summed E-state index contributed by atoms with van der Waals surface area (Å²) in [6.45, 7) is 4.33. The van der Waals surface area contributed by atoms with E-state index in [4.69, 9.17) is 9.47 Å². The van der Waals surface area contributed by atoms with Crippen molar-refractivity contribution in [1.82, 2.24) is 0 Å². The van der Waals surface area contributed by atoms with Crippen LogP contribution in [0.15, 0.2) is 24.3 Å². The van der Waals surface area contributed by atoms with E-state index >= 15 is 0 Å². The lowest BCUT2D eigenvalue weighted by atomic mass is 10.0. The number of aryl methyl sites for hydroxylation is 1. The summed E-state index contributed by atoms with van der Waals surface area (Å²) in [7, 11) is 0. The minimum Gasteiger partial charge on any atom is -0.462 e. The largest absolute Gasteiger partial charge is 0.462 e. The van der Waals surface area contributed by atoms with Crippen molar-refractivity contribution in [2.24, 2.45) is 0 Å². The van der Waals surface area contributed by atoms with Gasteiger partial charge in [-0.15, -0.1) is 0 Å². The second-order valence-electron chi connectivity index (χ2n) is 9.02. The average molecular weight is 403 g/mol. The van der Waals surface area contributed by atoms with Crippen LogP contribution in [0.1, 0.15) is 122 Å². The molecule has 1 heterocycles. The molecule has 2 nitrogen and oxygen atoms in total. The molecule has 0 saturated carbocycles. The molecule has 0 aromatic heterocycles. The molecule has 1 aromatic carbocycles. The van der Waals surface area contributed by atoms with Crippen molar-refractivity contribution in [3.8, 4) is 5.75 Å². The SMILES string of the molecule is CCCCCCCCCCCCCCCCCCc1ccc(OC2OC2C)cc1. The van der Waals surface area contributed by atoms with Crippen molar-refractivity contribution in [2.45, 2.75) is 135 Å². The van der Waals surface area contributed by atoms with Crippen LogP contribution < -0.4 is 4.74 Å². The number of benzene rings is 1. The Morgan fingerprint density at radius 3 is 1.48 bits per heavy atom. The van der Waals surface area contributed by atoms with Gasteiger partial charge in [0.2, 0.25) is 6.29 Å². The number of rotatable bonds is 19. The molecule has 0 spiro atoms. The summed E-state index contributed by atoms with van der Waals surface area (Å²) in [6, 6.07) is 8.56. The summed E-state index contributed by atoms with van der Waals surface area (Å²) in [5, 5.41) is 0. The third-order valence-corrected chi connectivity index (χ3v) is 6.15. The third kappa shape index (κ3) is 12.3. The van der Waals surface area contributed by atoms with Crippen LogP contribution in [0.5, 0.6) is 5.75 Å². The minimum absolute atomic E-state index is 0.0267. The Kier molecular flexibility index (Phi) is 13.2. The fourth-order valence-corrected chi connectivity index (χ4v) is 4.04. The standard InChI is InChI=1S/C27H46O2/c1-3-4-5-6-7-8-9-10-11-12-13-14-15-16-17-18-19-25-20-22-26(23-21-25)29-27-24(2)28-27/h20-24,27H,3-19H2,1-2H3. The van der Waals surface area contributed by atoms with E-state index in [9.17, 15) is 0 Å². The number of hydrogen-bond acceptors (Lipinski definition) is 2. The van der Waals surface area contributed by atoms with Gasteiger partial charge in [0.1, 0.15) is 11.9 Å². The van der Waals surface area contributed by atoms with Gasteiger partial charge >= 0.3 is 0 Å². The Balaban J connectivity index is 1.30. The van der Waals surface area contributed by atoms with E-state index in [2.05, 4.69) is 31.2 Å². The predicted octanol–water partition coefficient (Wildman–Crippen LogP) is 8.61. The molecule has 1 fully saturated rings. The molecule has 0 bridgehead atoms. The molecular weight excluding hydrogens is 356 g/mol. The first kappa shape index (κ1) is 24.3. The molecule has 0 aliphatic carbocycles. The Hall–Kier alpha value is -1.02. The van der Waals surface area contributed by atoms with Crippen molar-refractivity contribution in [3.05, 3.63) is 29.8 Å². The minimum atomic E-state index is -0.0267. The van der Waals surface area contributed by atoms with E-state index in [1.54, 1.807) is 0 Å². The molecule has 1 aliphatic rings. The van der Waals surface area contributed by atoms with Gasteiger partial charge in [-0.25, -0.2) is 0 Å². The van der Waals surface area contributed by atoms with E-state index in [1.807, 2.05) is 6.92 Å². The zero-order valence-corrected chi connectivity index (χ0v) is 19.3. The number of unbranched alkanes of at least 4 members (excludes halogenated alkanes) is 15. The molecule has 29 heavy (non-hydrogen) atoms. The lowest BCUT2D eigenvalue weighted by molar-refractivity contribution is 0.178. The number of epoxide rings is 1. The topological polar surface area (TPSA) is 21.8 Å². The zero-order valence-electron chi connectivity index (χ0n) is 19.3. The van der Waals surface area contributed by atoms with E-state index in [-0.39, 0.29) is 12.4 Å². The smallest absolute Gasteiger partial charge is 0.226 e. The monoisotopic (exact) mass is 402 g/mol. The zero-order chi connectivity index (χ0) is 20.6. The molecule has 1 saturated heterocycles. The van der Waals surface area contributed by atoms with Crippen LogP contribution in [0, 0.1) is 0 Å². The van der Waals surface area contributed by atoms with Crippen LogP contribution in [0.25, 0.3) is 0 Å². The summed E-state index contributed by atoms with van der Waals surface area (Å²) in [4.78, 5) is 0. The van der Waals surface area contributed by atoms with Crippen molar-refractivity contribution in [3.63, 3.8) is 0 Å². The van der Waals surface area contributed by atoms with Gasteiger partial charge < -0.3 is 9.47 Å². The molecule has 2 unspecified atom stereocenters. The van der Waals surface area contributed by atoms with E-state index in [0.29, 0.717) is 0 Å². The van der Waals surface area contributed by atoms with Gasteiger partial charge in [-0.1, -0.05) is 115 Å². The second kappa shape index (κ2) is 15.8. The van der Waals surface area contributed by atoms with E-state index in [1.165, 1.54) is 115 Å². The van der Waals surface area contributed by atoms with Crippen molar-refractivity contribution >= 4 is 0 Å². The fourth-order valence-electron chi connectivity index (χ4n) is 4.04. The first-order valence-electron chi connectivity index (χ1n) is 12.7. The van der Waals surface area contributed by atoms with Crippen molar-refractivity contribution < 1.29 is 9.47 Å². The van der Waals surface area contributed by atoms with Crippen molar-refractivity contribution in [2.75, 3.05) is 0 Å². The highest BCUT2D eigenvalue weighted by Gasteiger charge is 2.36. The van der Waals surface area contributed by atoms with Crippen LogP contribution in [0.2, 0.25) is 0 Å². The van der Waals surface area contributed by atoms with Gasteiger partial charge in [0.25, 0.3) is 0 Å². The third-order valence-electron chi connectivity index (χ3n) is 6.15. The summed E-state index contributed by atoms with van der Waals surface area (Å²) in [5.74, 6) is 0.926. The first-order chi connectivity index (χ1) is 14.3. The van der Waals surface area contributed by atoms with Gasteiger partial charge in [-0.3, -0.25) is 0 Å². The highest BCUT2D eigenvalue weighted by molar-refractivity contribution is 5.27. The summed E-state index contributed by atoms with van der Waals surface area (Å²) in [6.07, 6.45) is 24.3. The normalized spacial score (nSPS) is 18.1. The molecule has 1 aliphatic heterocycles. The first-order valence-corrected chi connectivity index (χ1v) is 12.7. The molecular formula is C27H46O2. The van der Waals surface area contributed by atoms with Gasteiger partial charge in [0.05, 0.1) is 0 Å². The molecule has 2 rings (SSSR count). The maximum absolute atomic E-state index is 5.71. The van der Waals surface area contributed by atoms with Crippen LogP contribution in [-0.4, -0.2) is 12.4 Å². The lowest BCUT2D eigenvalue weighted by Crippen LogP contribution is -2.00. The van der Waals surface area contributed by atoms with Crippen LogP contribution in [0.3, 0.4) is 0 Å². The van der Waals surface area contributed by atoms with Gasteiger partial charge in [-0.05, 0) is 37.5 Å². The highest BCUT2D eigenvalue weighted by Crippen LogP contribution is 2.25. The average Bonchev–Trinajstić information content (AvgIpc) is 3.43. The molecule has 0 radical (unpaired) electrons. The molecule has 2 heteroatoms. The number of hydrogen-bond donors (Lipinski definition) is 0. The summed E-state index contributed by atoms with van der Waals surface area (Å²) < 4.78 is 11.0. The van der Waals surface area contributed by atoms with Crippen LogP contribution in [0.4, 0.5) is 0 Å². The Morgan fingerprint density at radius 2 is 1.07 bits per heavy atom. The van der Waals surface area contributed by atoms with E-state index in [0.717, 1.165) is 5.75 Å². The van der Waals surface area contributed by atoms with Crippen LogP contribution >= 0.6 is 0 Å². The van der Waals surface area contributed by atoms with Gasteiger partial charge in [0, 0.05) is 0 Å². The second-order valence-corrected chi connectivity index (χ2v) is 9.02. The highest BCUT2D eigenvalue weighted by atomic mass is 16.8. The fraction of sp³-hybridized carbons (Fsp3) is 0.778. The molecule has 2 atom stereocenters. The lowest BCUT2D eigenvalue weighted by Gasteiger charge is -2.05. The molecule has 0 N–H and O–H groups in total. The van der Waals surface area contributed by atoms with Crippen LogP contribution in [-0.2, 0) is 11.2 Å². The Morgan fingerprint density at radius 1 is 0.655 bits per heavy atom. The van der Waals surface area contributed by atoms with Gasteiger partial charge in [-0.2, -0.15) is 0 Å². The molecule has 166 valence electrons. The Labute approximate surface area is 180 Å². The predicted molar refractivity (Wildman–Crippen MR) is 125 cm³/mol. The maximum Gasteiger partial charge on any atom is 0.226 e.